The maximum absolute atomic E-state index is 13.7. The molecule has 4 rings (SSSR count). The predicted octanol–water partition coefficient (Wildman–Crippen LogP) is 6.08. The number of rotatable bonds is 10. The number of likely N-dealkylation sites (N-methyl/N-ethyl adjacent to an activating group) is 1. The van der Waals surface area contributed by atoms with Crippen molar-refractivity contribution in [3.05, 3.63) is 106 Å². The fourth-order valence-corrected chi connectivity index (χ4v) is 4.68. The molecule has 194 valence electrons. The second-order valence-electron chi connectivity index (χ2n) is 9.18. The van der Waals surface area contributed by atoms with Crippen molar-refractivity contribution in [1.29, 1.82) is 0 Å². The number of hydrogen-bond donors (Lipinski definition) is 1. The van der Waals surface area contributed by atoms with Crippen molar-refractivity contribution in [2.45, 2.75) is 25.7 Å². The van der Waals surface area contributed by atoms with E-state index in [2.05, 4.69) is 29.6 Å². The van der Waals surface area contributed by atoms with Crippen LogP contribution in [0.4, 0.5) is 8.78 Å². The van der Waals surface area contributed by atoms with E-state index in [1.165, 1.54) is 0 Å². The predicted molar refractivity (Wildman–Crippen MR) is 144 cm³/mol. The number of carbonyl (C=O) groups excluding carboxylic acids is 1. The molecule has 0 atom stereocenters. The number of halogens is 3. The molecule has 3 aromatic rings. The molecule has 0 bridgehead atoms. The Morgan fingerprint density at radius 3 is 2.62 bits per heavy atom. The topological polar surface area (TPSA) is 41.6 Å². The summed E-state index contributed by atoms with van der Waals surface area (Å²) in [6.45, 7) is 2.24. The van der Waals surface area contributed by atoms with Crippen LogP contribution in [0.2, 0.25) is 5.02 Å². The van der Waals surface area contributed by atoms with Gasteiger partial charge in [-0.05, 0) is 72.7 Å². The van der Waals surface area contributed by atoms with Gasteiger partial charge in [0.15, 0.2) is 11.6 Å². The lowest BCUT2D eigenvalue weighted by atomic mass is 9.92. The Hall–Kier alpha value is -3.22. The Bertz CT molecular complexity index is 1260. The van der Waals surface area contributed by atoms with Crippen LogP contribution < -0.4 is 10.1 Å². The number of aryl methyl sites for hydroxylation is 1. The highest BCUT2D eigenvalue weighted by atomic mass is 35.5. The van der Waals surface area contributed by atoms with Crippen molar-refractivity contribution < 1.29 is 18.3 Å². The molecule has 0 aromatic heterocycles. The van der Waals surface area contributed by atoms with Crippen molar-refractivity contribution in [2.75, 3.05) is 33.3 Å². The minimum absolute atomic E-state index is 0.0278. The highest BCUT2D eigenvalue weighted by Crippen LogP contribution is 2.27. The molecule has 4 nitrogen and oxygen atoms in total. The summed E-state index contributed by atoms with van der Waals surface area (Å²) < 4.78 is 32.4. The lowest BCUT2D eigenvalue weighted by molar-refractivity contribution is -0.125. The smallest absolute Gasteiger partial charge is 0.251 e. The minimum atomic E-state index is -0.569. The summed E-state index contributed by atoms with van der Waals surface area (Å²) in [6, 6.07) is 19.1. The van der Waals surface area contributed by atoms with Crippen LogP contribution in [0.15, 0.2) is 72.3 Å². The molecule has 1 aliphatic heterocycles. The maximum atomic E-state index is 13.7. The van der Waals surface area contributed by atoms with Crippen LogP contribution in [0.25, 0.3) is 5.57 Å². The zero-order valence-corrected chi connectivity index (χ0v) is 21.7. The van der Waals surface area contributed by atoms with Gasteiger partial charge in [-0.25, -0.2) is 8.78 Å². The van der Waals surface area contributed by atoms with Gasteiger partial charge in [0.25, 0.3) is 5.91 Å². The van der Waals surface area contributed by atoms with E-state index in [1.807, 2.05) is 31.3 Å². The van der Waals surface area contributed by atoms with Gasteiger partial charge in [0, 0.05) is 36.8 Å². The summed E-state index contributed by atoms with van der Waals surface area (Å²) in [6.07, 6.45) is 2.89. The zero-order valence-electron chi connectivity index (χ0n) is 20.9. The van der Waals surface area contributed by atoms with Crippen LogP contribution >= 0.6 is 11.6 Å². The quantitative estimate of drug-likeness (QED) is 0.327. The molecule has 37 heavy (non-hydrogen) atoms. The van der Waals surface area contributed by atoms with Crippen LogP contribution in [-0.4, -0.2) is 44.1 Å². The maximum Gasteiger partial charge on any atom is 0.251 e. The van der Waals surface area contributed by atoms with Crippen LogP contribution in [0, 0.1) is 11.6 Å². The molecule has 0 radical (unpaired) electrons. The summed E-state index contributed by atoms with van der Waals surface area (Å²) in [5.41, 5.74) is 5.07. The van der Waals surface area contributed by atoms with Crippen LogP contribution in [-0.2, 0) is 17.6 Å². The molecule has 0 unspecified atom stereocenters. The van der Waals surface area contributed by atoms with Crippen molar-refractivity contribution >= 4 is 23.1 Å². The van der Waals surface area contributed by atoms with E-state index in [0.717, 1.165) is 70.4 Å². The molecular weight excluding hydrogens is 494 g/mol. The van der Waals surface area contributed by atoms with E-state index in [4.69, 9.17) is 16.3 Å². The Kier molecular flexibility index (Phi) is 9.31. The van der Waals surface area contributed by atoms with E-state index in [1.54, 1.807) is 4.90 Å². The molecule has 0 saturated heterocycles. The fraction of sp³-hybridized carbons (Fsp3) is 0.300. The third kappa shape index (κ3) is 7.18. The van der Waals surface area contributed by atoms with E-state index < -0.39 is 11.6 Å². The van der Waals surface area contributed by atoms with E-state index in [-0.39, 0.29) is 18.3 Å². The van der Waals surface area contributed by atoms with E-state index in [0.29, 0.717) is 25.9 Å². The van der Waals surface area contributed by atoms with Gasteiger partial charge >= 0.3 is 0 Å². The fourth-order valence-electron chi connectivity index (χ4n) is 4.45. The number of benzene rings is 3. The van der Waals surface area contributed by atoms with Crippen molar-refractivity contribution in [3.63, 3.8) is 0 Å². The summed E-state index contributed by atoms with van der Waals surface area (Å²) >= 11 is 6.27. The Labute approximate surface area is 221 Å². The Morgan fingerprint density at radius 1 is 1.05 bits per heavy atom. The second-order valence-corrected chi connectivity index (χ2v) is 9.58. The molecule has 3 aromatic carbocycles. The number of nitrogens with one attached hydrogen (secondary N) is 1. The van der Waals surface area contributed by atoms with E-state index >= 15 is 0 Å². The standard InChI is InChI=1S/C30H31ClF2N2O2/c1-35(17-15-23-6-2-3-7-27(23)31)30(36)26-20-34-16-14-25(26)22-10-8-21(9-11-22)5-4-18-37-29-19-24(32)12-13-28(29)33/h2-3,6-13,19,34H,4-5,14-18,20H2,1H3. The highest BCUT2D eigenvalue weighted by Gasteiger charge is 2.23. The number of carbonyl (C=O) groups is 1. The molecule has 1 aliphatic rings. The van der Waals surface area contributed by atoms with Gasteiger partial charge in [0.2, 0.25) is 0 Å². The molecule has 0 aliphatic carbocycles. The molecule has 0 spiro atoms. The lowest BCUT2D eigenvalue weighted by Crippen LogP contribution is -2.36. The summed E-state index contributed by atoms with van der Waals surface area (Å²) in [5.74, 6) is -1.13. The number of amides is 1. The van der Waals surface area contributed by atoms with Crippen LogP contribution in [0.1, 0.15) is 29.5 Å². The molecule has 1 heterocycles. The highest BCUT2D eigenvalue weighted by molar-refractivity contribution is 6.31. The van der Waals surface area contributed by atoms with Crippen molar-refractivity contribution in [1.82, 2.24) is 10.2 Å². The molecule has 1 N–H and O–H groups in total. The van der Waals surface area contributed by atoms with Crippen LogP contribution in [0.3, 0.4) is 0 Å². The van der Waals surface area contributed by atoms with Crippen molar-refractivity contribution in [3.8, 4) is 5.75 Å². The number of hydrogen-bond acceptors (Lipinski definition) is 3. The largest absolute Gasteiger partial charge is 0.490 e. The first-order valence-corrected chi connectivity index (χ1v) is 12.9. The molecular formula is C30H31ClF2N2O2. The normalized spacial score (nSPS) is 13.5. The first-order chi connectivity index (χ1) is 17.9. The van der Waals surface area contributed by atoms with Gasteiger partial charge in [-0.2, -0.15) is 0 Å². The van der Waals surface area contributed by atoms with E-state index in [9.17, 15) is 13.6 Å². The zero-order chi connectivity index (χ0) is 26.2. The molecule has 0 fully saturated rings. The van der Waals surface area contributed by atoms with Gasteiger partial charge in [0.05, 0.1) is 6.61 Å². The molecule has 0 saturated carbocycles. The SMILES string of the molecule is CN(CCc1ccccc1Cl)C(=O)C1=C(c2ccc(CCCOc3cc(F)ccc3F)cc2)CCNC1. The first kappa shape index (κ1) is 26.8. The average molecular weight is 525 g/mol. The monoisotopic (exact) mass is 524 g/mol. The van der Waals surface area contributed by atoms with Crippen LogP contribution in [0.5, 0.6) is 5.75 Å². The number of nitrogens with zero attached hydrogens (tertiary/aromatic N) is 1. The van der Waals surface area contributed by atoms with Gasteiger partial charge in [-0.1, -0.05) is 54.1 Å². The van der Waals surface area contributed by atoms with Gasteiger partial charge < -0.3 is 15.0 Å². The van der Waals surface area contributed by atoms with Gasteiger partial charge in [-0.3, -0.25) is 4.79 Å². The second kappa shape index (κ2) is 12.8. The first-order valence-electron chi connectivity index (χ1n) is 12.5. The van der Waals surface area contributed by atoms with Gasteiger partial charge in [-0.15, -0.1) is 0 Å². The third-order valence-corrected chi connectivity index (χ3v) is 6.93. The van der Waals surface area contributed by atoms with Crippen molar-refractivity contribution in [2.24, 2.45) is 0 Å². The summed E-state index contributed by atoms with van der Waals surface area (Å²) in [5, 5.41) is 4.05. The Balaban J connectivity index is 1.36. The third-order valence-electron chi connectivity index (χ3n) is 6.56. The number of ether oxygens (including phenoxy) is 1. The summed E-state index contributed by atoms with van der Waals surface area (Å²) in [4.78, 5) is 15.1. The minimum Gasteiger partial charge on any atom is -0.490 e. The molecule has 7 heteroatoms. The summed E-state index contributed by atoms with van der Waals surface area (Å²) in [7, 11) is 1.83. The Morgan fingerprint density at radius 2 is 1.84 bits per heavy atom. The van der Waals surface area contributed by atoms with Gasteiger partial charge in [0.1, 0.15) is 5.82 Å². The average Bonchev–Trinajstić information content (AvgIpc) is 2.92. The lowest BCUT2D eigenvalue weighted by Gasteiger charge is -2.25. The molecule has 1 amide bonds.